The van der Waals surface area contributed by atoms with Crippen LogP contribution in [-0.2, 0) is 0 Å². The van der Waals surface area contributed by atoms with Gasteiger partial charge in [-0.25, -0.2) is 9.37 Å². The number of aromatic nitrogens is 4. The third kappa shape index (κ3) is 3.17. The van der Waals surface area contributed by atoms with Crippen molar-refractivity contribution < 1.29 is 9.18 Å². The number of fused-ring (bicyclic) bond motifs is 2. The topological polar surface area (TPSA) is 90.4 Å². The highest BCUT2D eigenvalue weighted by molar-refractivity contribution is 6.10. The average Bonchev–Trinajstić information content (AvgIpc) is 3.35. The molecule has 1 saturated heterocycles. The van der Waals surface area contributed by atoms with Crippen LogP contribution in [0.3, 0.4) is 0 Å². The molecular formula is C21H22FN7O. The summed E-state index contributed by atoms with van der Waals surface area (Å²) in [7, 11) is 0. The van der Waals surface area contributed by atoms with E-state index < -0.39 is 11.7 Å². The number of amides is 1. The maximum absolute atomic E-state index is 14.4. The minimum atomic E-state index is -0.536. The van der Waals surface area contributed by atoms with Gasteiger partial charge in [-0.05, 0) is 32.0 Å². The number of benzene rings is 1. The lowest BCUT2D eigenvalue weighted by atomic mass is 10.1. The van der Waals surface area contributed by atoms with Crippen LogP contribution in [0.25, 0.3) is 16.6 Å². The summed E-state index contributed by atoms with van der Waals surface area (Å²) >= 11 is 0. The lowest BCUT2D eigenvalue weighted by molar-refractivity contribution is 0.102. The predicted octanol–water partition coefficient (Wildman–Crippen LogP) is 2.71. The zero-order chi connectivity index (χ0) is 20.8. The fourth-order valence-corrected chi connectivity index (χ4v) is 4.05. The maximum Gasteiger partial charge on any atom is 0.257 e. The summed E-state index contributed by atoms with van der Waals surface area (Å²) in [6.07, 6.45) is 5.03. The summed E-state index contributed by atoms with van der Waals surface area (Å²) in [4.78, 5) is 19.3. The molecule has 0 bridgehead atoms. The van der Waals surface area contributed by atoms with E-state index in [1.807, 2.05) is 12.1 Å². The summed E-state index contributed by atoms with van der Waals surface area (Å²) in [6, 6.07) is 5.46. The SMILES string of the molecule is Cc1cn2cc(C(=O)Nc3ccc(N4CCNC(C)C4)c4cn[nH]c34)cc(F)c2n1. The predicted molar refractivity (Wildman–Crippen MR) is 114 cm³/mol. The lowest BCUT2D eigenvalue weighted by Crippen LogP contribution is -2.49. The lowest BCUT2D eigenvalue weighted by Gasteiger charge is -2.34. The molecule has 9 heteroatoms. The standard InChI is InChI=1S/C21H22FN7O/c1-12-9-28(6-5-23-12)18-4-3-17(19-15(18)8-24-27-19)26-21(30)14-7-16(22)20-25-13(2)10-29(20)11-14/h3-4,7-8,10-12,23H,5-6,9H2,1-2H3,(H,24,27)(H,26,30). The minimum absolute atomic E-state index is 0.203. The number of anilines is 2. The molecule has 0 spiro atoms. The highest BCUT2D eigenvalue weighted by Gasteiger charge is 2.20. The molecule has 8 nitrogen and oxygen atoms in total. The first-order chi connectivity index (χ1) is 14.5. The van der Waals surface area contributed by atoms with Crippen LogP contribution in [0.1, 0.15) is 23.0 Å². The van der Waals surface area contributed by atoms with Crippen molar-refractivity contribution >= 4 is 33.8 Å². The Morgan fingerprint density at radius 1 is 1.33 bits per heavy atom. The Kier molecular flexibility index (Phi) is 4.39. The Bertz CT molecular complexity index is 1260. The molecule has 1 aliphatic rings. The number of aryl methyl sites for hydroxylation is 1. The van der Waals surface area contributed by atoms with E-state index >= 15 is 0 Å². The van der Waals surface area contributed by atoms with Crippen LogP contribution in [0.15, 0.2) is 36.8 Å². The molecule has 4 aromatic rings. The second kappa shape index (κ2) is 7.10. The van der Waals surface area contributed by atoms with Crippen molar-refractivity contribution in [3.63, 3.8) is 0 Å². The number of pyridine rings is 1. The maximum atomic E-state index is 14.4. The number of piperazine rings is 1. The Labute approximate surface area is 172 Å². The van der Waals surface area contributed by atoms with Crippen molar-refractivity contribution in [2.24, 2.45) is 0 Å². The van der Waals surface area contributed by atoms with Gasteiger partial charge in [0.2, 0.25) is 0 Å². The summed E-state index contributed by atoms with van der Waals surface area (Å²) in [5.41, 5.74) is 3.52. The molecule has 0 radical (unpaired) electrons. The average molecular weight is 407 g/mol. The largest absolute Gasteiger partial charge is 0.368 e. The number of halogens is 1. The second-order valence-electron chi connectivity index (χ2n) is 7.74. The van der Waals surface area contributed by atoms with Gasteiger partial charge in [0.05, 0.1) is 28.7 Å². The van der Waals surface area contributed by atoms with Crippen molar-refractivity contribution in [2.75, 3.05) is 29.9 Å². The van der Waals surface area contributed by atoms with E-state index in [1.54, 1.807) is 25.5 Å². The first-order valence-electron chi connectivity index (χ1n) is 9.90. The van der Waals surface area contributed by atoms with Gasteiger partial charge in [-0.1, -0.05) is 0 Å². The molecule has 1 fully saturated rings. The zero-order valence-electron chi connectivity index (χ0n) is 16.7. The molecule has 1 atom stereocenters. The van der Waals surface area contributed by atoms with Gasteiger partial charge in [-0.2, -0.15) is 5.10 Å². The fourth-order valence-electron chi connectivity index (χ4n) is 4.05. The summed E-state index contributed by atoms with van der Waals surface area (Å²) < 4.78 is 15.9. The Morgan fingerprint density at radius 3 is 3.03 bits per heavy atom. The third-order valence-electron chi connectivity index (χ3n) is 5.44. The van der Waals surface area contributed by atoms with Crippen molar-refractivity contribution in [2.45, 2.75) is 19.9 Å². The molecule has 3 N–H and O–H groups in total. The van der Waals surface area contributed by atoms with Crippen LogP contribution in [0.2, 0.25) is 0 Å². The van der Waals surface area contributed by atoms with E-state index in [0.717, 1.165) is 36.2 Å². The van der Waals surface area contributed by atoms with Crippen molar-refractivity contribution in [1.29, 1.82) is 0 Å². The van der Waals surface area contributed by atoms with Gasteiger partial charge < -0.3 is 19.9 Å². The van der Waals surface area contributed by atoms with Crippen LogP contribution in [0, 0.1) is 12.7 Å². The summed E-state index contributed by atoms with van der Waals surface area (Å²) in [6.45, 7) is 6.66. The van der Waals surface area contributed by atoms with E-state index in [1.165, 1.54) is 10.5 Å². The van der Waals surface area contributed by atoms with E-state index in [2.05, 4.69) is 37.6 Å². The number of imidazole rings is 1. The van der Waals surface area contributed by atoms with Crippen molar-refractivity contribution in [3.8, 4) is 0 Å². The van der Waals surface area contributed by atoms with Crippen molar-refractivity contribution in [1.82, 2.24) is 24.9 Å². The number of carbonyl (C=O) groups excluding carboxylic acids is 1. The normalized spacial score (nSPS) is 17.0. The van der Waals surface area contributed by atoms with Crippen LogP contribution in [-0.4, -0.2) is 51.2 Å². The Morgan fingerprint density at radius 2 is 2.20 bits per heavy atom. The molecule has 1 amide bonds. The molecule has 1 aromatic carbocycles. The van der Waals surface area contributed by atoms with Gasteiger partial charge in [0.1, 0.15) is 0 Å². The number of hydrogen-bond acceptors (Lipinski definition) is 5. The molecule has 0 aliphatic carbocycles. The number of H-pyrrole nitrogens is 1. The minimum Gasteiger partial charge on any atom is -0.368 e. The van der Waals surface area contributed by atoms with Crippen LogP contribution < -0.4 is 15.5 Å². The molecule has 3 aromatic heterocycles. The molecule has 30 heavy (non-hydrogen) atoms. The smallest absolute Gasteiger partial charge is 0.257 e. The van der Waals surface area contributed by atoms with Gasteiger partial charge in [0.25, 0.3) is 5.91 Å². The molecule has 1 aliphatic heterocycles. The van der Waals surface area contributed by atoms with E-state index in [9.17, 15) is 9.18 Å². The Balaban J connectivity index is 1.46. The molecule has 5 rings (SSSR count). The monoisotopic (exact) mass is 407 g/mol. The summed E-state index contributed by atoms with van der Waals surface area (Å²) in [5.74, 6) is -0.938. The Hall–Kier alpha value is -3.46. The first kappa shape index (κ1) is 18.6. The highest BCUT2D eigenvalue weighted by atomic mass is 19.1. The van der Waals surface area contributed by atoms with Crippen LogP contribution in [0.5, 0.6) is 0 Å². The van der Waals surface area contributed by atoms with Crippen LogP contribution >= 0.6 is 0 Å². The number of hydrogen-bond donors (Lipinski definition) is 3. The van der Waals surface area contributed by atoms with Crippen molar-refractivity contribution in [3.05, 3.63) is 53.9 Å². The van der Waals surface area contributed by atoms with E-state index in [4.69, 9.17) is 0 Å². The van der Waals surface area contributed by atoms with Crippen LogP contribution in [0.4, 0.5) is 15.8 Å². The highest BCUT2D eigenvalue weighted by Crippen LogP contribution is 2.31. The number of carbonyl (C=O) groups is 1. The third-order valence-corrected chi connectivity index (χ3v) is 5.44. The van der Waals surface area contributed by atoms with E-state index in [0.29, 0.717) is 17.4 Å². The van der Waals surface area contributed by atoms with Gasteiger partial charge in [0, 0.05) is 49.1 Å². The quantitative estimate of drug-likeness (QED) is 0.486. The van der Waals surface area contributed by atoms with Gasteiger partial charge in [-0.3, -0.25) is 9.89 Å². The molecule has 4 heterocycles. The fraction of sp³-hybridized carbons (Fsp3) is 0.286. The first-order valence-corrected chi connectivity index (χ1v) is 9.90. The van der Waals surface area contributed by atoms with Gasteiger partial charge in [-0.15, -0.1) is 0 Å². The number of nitrogens with zero attached hydrogens (tertiary/aromatic N) is 4. The number of aromatic amines is 1. The number of rotatable bonds is 3. The molecule has 154 valence electrons. The zero-order valence-corrected chi connectivity index (χ0v) is 16.7. The van der Waals surface area contributed by atoms with Gasteiger partial charge >= 0.3 is 0 Å². The molecular weight excluding hydrogens is 385 g/mol. The second-order valence-corrected chi connectivity index (χ2v) is 7.74. The summed E-state index contributed by atoms with van der Waals surface area (Å²) in [5, 5.41) is 14.4. The molecule has 0 saturated carbocycles. The van der Waals surface area contributed by atoms with Gasteiger partial charge in [0.15, 0.2) is 11.5 Å². The van der Waals surface area contributed by atoms with E-state index in [-0.39, 0.29) is 11.2 Å². The molecule has 1 unspecified atom stereocenters. The number of nitrogens with one attached hydrogen (secondary N) is 3.